The molecule has 9 heteroatoms. The molecule has 2 amide bonds. The van der Waals surface area contributed by atoms with Crippen LogP contribution in [0.2, 0.25) is 0 Å². The number of nitrogens with zero attached hydrogens (tertiary/aromatic N) is 1. The van der Waals surface area contributed by atoms with Gasteiger partial charge in [-0.2, -0.15) is 5.10 Å². The third-order valence-corrected chi connectivity index (χ3v) is 4.91. The molecular formula is C24H20BrN3O5. The van der Waals surface area contributed by atoms with E-state index in [1.165, 1.54) is 6.21 Å². The van der Waals surface area contributed by atoms with Gasteiger partial charge in [-0.25, -0.2) is 10.2 Å². The predicted octanol–water partition coefficient (Wildman–Crippen LogP) is 4.16. The van der Waals surface area contributed by atoms with Crippen LogP contribution in [0.4, 0.5) is 5.69 Å². The zero-order valence-corrected chi connectivity index (χ0v) is 19.2. The highest BCUT2D eigenvalue weighted by Gasteiger charge is 2.15. The first-order chi connectivity index (χ1) is 16.0. The molecule has 0 saturated heterocycles. The Morgan fingerprint density at radius 3 is 2.36 bits per heavy atom. The molecule has 0 aliphatic carbocycles. The van der Waals surface area contributed by atoms with Crippen LogP contribution in [0.1, 0.15) is 22.8 Å². The van der Waals surface area contributed by atoms with E-state index < -0.39 is 17.8 Å². The van der Waals surface area contributed by atoms with Gasteiger partial charge in [0.1, 0.15) is 11.5 Å². The van der Waals surface area contributed by atoms with Gasteiger partial charge in [-0.1, -0.05) is 24.3 Å². The average molecular weight is 510 g/mol. The summed E-state index contributed by atoms with van der Waals surface area (Å²) in [4.78, 5) is 36.6. The molecule has 0 bridgehead atoms. The van der Waals surface area contributed by atoms with Crippen LogP contribution in [0.5, 0.6) is 11.5 Å². The van der Waals surface area contributed by atoms with E-state index in [9.17, 15) is 14.4 Å². The second kappa shape index (κ2) is 11.6. The number of hydrogen-bond donors (Lipinski definition) is 2. The molecule has 0 heterocycles. The number of carbonyl (C=O) groups is 3. The van der Waals surface area contributed by atoms with Crippen LogP contribution >= 0.6 is 15.9 Å². The summed E-state index contributed by atoms with van der Waals surface area (Å²) in [5.74, 6) is -1.49. The first-order valence-electron chi connectivity index (χ1n) is 9.91. The van der Waals surface area contributed by atoms with Crippen molar-refractivity contribution in [2.24, 2.45) is 5.10 Å². The van der Waals surface area contributed by atoms with Gasteiger partial charge in [0.15, 0.2) is 0 Å². The lowest BCUT2D eigenvalue weighted by Gasteiger charge is -2.08. The molecule has 8 nitrogen and oxygen atoms in total. The molecule has 0 saturated carbocycles. The Labute approximate surface area is 198 Å². The summed E-state index contributed by atoms with van der Waals surface area (Å²) < 4.78 is 11.4. The van der Waals surface area contributed by atoms with E-state index in [2.05, 4.69) is 31.8 Å². The lowest BCUT2D eigenvalue weighted by molar-refractivity contribution is -0.136. The fraction of sp³-hybridized carbons (Fsp3) is 0.0833. The molecule has 168 valence electrons. The number of hydrazone groups is 1. The Bertz CT molecular complexity index is 1180. The van der Waals surface area contributed by atoms with Crippen molar-refractivity contribution in [3.63, 3.8) is 0 Å². The van der Waals surface area contributed by atoms with Gasteiger partial charge in [-0.05, 0) is 71.4 Å². The second-order valence-electron chi connectivity index (χ2n) is 6.52. The number of nitrogens with one attached hydrogen (secondary N) is 2. The highest BCUT2D eigenvalue weighted by atomic mass is 79.9. The largest absolute Gasteiger partial charge is 0.494 e. The molecule has 0 aromatic heterocycles. The minimum absolute atomic E-state index is 0.245. The Kier molecular flexibility index (Phi) is 8.31. The third-order valence-electron chi connectivity index (χ3n) is 4.21. The molecule has 0 radical (unpaired) electrons. The summed E-state index contributed by atoms with van der Waals surface area (Å²) in [6.07, 6.45) is 1.28. The molecule has 3 rings (SSSR count). The molecule has 2 N–H and O–H groups in total. The minimum atomic E-state index is -0.956. The van der Waals surface area contributed by atoms with Crippen LogP contribution < -0.4 is 20.2 Å². The van der Waals surface area contributed by atoms with Crippen LogP contribution in [0.15, 0.2) is 82.4 Å². The number of halogens is 1. The van der Waals surface area contributed by atoms with E-state index in [4.69, 9.17) is 9.47 Å². The van der Waals surface area contributed by atoms with E-state index in [0.29, 0.717) is 33.6 Å². The standard InChI is InChI=1S/C24H20BrN3O5/c1-2-32-18-13-11-17(12-14-18)27-22(29)23(30)28-26-15-16-7-3-6-10-21(16)33-24(31)19-8-4-5-9-20(19)25/h3-15H,2H2,1H3,(H,27,29)(H,28,30)/b26-15+. The second-order valence-corrected chi connectivity index (χ2v) is 7.37. The summed E-state index contributed by atoms with van der Waals surface area (Å²) >= 11 is 3.32. The molecule has 3 aromatic rings. The van der Waals surface area contributed by atoms with Gasteiger partial charge in [0.05, 0.1) is 18.4 Å². The molecule has 0 aliphatic rings. The first kappa shape index (κ1) is 23.7. The summed E-state index contributed by atoms with van der Waals surface area (Å²) in [6.45, 7) is 2.39. The number of esters is 1. The van der Waals surface area contributed by atoms with Crippen molar-refractivity contribution in [3.05, 3.63) is 88.4 Å². The fourth-order valence-electron chi connectivity index (χ4n) is 2.66. The van der Waals surface area contributed by atoms with Gasteiger partial charge in [-0.3, -0.25) is 9.59 Å². The Balaban J connectivity index is 1.59. The average Bonchev–Trinajstić information content (AvgIpc) is 2.81. The smallest absolute Gasteiger partial charge is 0.344 e. The quantitative estimate of drug-likeness (QED) is 0.163. The van der Waals surface area contributed by atoms with Crippen molar-refractivity contribution >= 4 is 45.6 Å². The number of carbonyl (C=O) groups excluding carboxylic acids is 3. The fourth-order valence-corrected chi connectivity index (χ4v) is 3.11. The molecular weight excluding hydrogens is 490 g/mol. The number of hydrogen-bond acceptors (Lipinski definition) is 6. The summed E-state index contributed by atoms with van der Waals surface area (Å²) in [5.41, 5.74) is 3.39. The highest BCUT2D eigenvalue weighted by molar-refractivity contribution is 9.10. The maximum absolute atomic E-state index is 12.5. The van der Waals surface area contributed by atoms with E-state index in [1.54, 1.807) is 72.8 Å². The van der Waals surface area contributed by atoms with Gasteiger partial charge in [0.25, 0.3) is 0 Å². The van der Waals surface area contributed by atoms with Crippen LogP contribution in [0.3, 0.4) is 0 Å². The lowest BCUT2D eigenvalue weighted by atomic mass is 10.2. The first-order valence-corrected chi connectivity index (χ1v) is 10.7. The predicted molar refractivity (Wildman–Crippen MR) is 128 cm³/mol. The molecule has 0 aliphatic heterocycles. The summed E-state index contributed by atoms with van der Waals surface area (Å²) in [7, 11) is 0. The lowest BCUT2D eigenvalue weighted by Crippen LogP contribution is -2.32. The minimum Gasteiger partial charge on any atom is -0.494 e. The number of para-hydroxylation sites is 1. The molecule has 0 atom stereocenters. The maximum Gasteiger partial charge on any atom is 0.344 e. The van der Waals surface area contributed by atoms with Crippen molar-refractivity contribution in [1.29, 1.82) is 0 Å². The number of benzene rings is 3. The maximum atomic E-state index is 12.5. The Morgan fingerprint density at radius 2 is 1.64 bits per heavy atom. The Hall–Kier alpha value is -3.98. The molecule has 33 heavy (non-hydrogen) atoms. The zero-order valence-electron chi connectivity index (χ0n) is 17.6. The zero-order chi connectivity index (χ0) is 23.6. The van der Waals surface area contributed by atoms with Crippen LogP contribution in [0.25, 0.3) is 0 Å². The van der Waals surface area contributed by atoms with Crippen LogP contribution in [-0.4, -0.2) is 30.6 Å². The van der Waals surface area contributed by atoms with Crippen molar-refractivity contribution in [2.75, 3.05) is 11.9 Å². The number of rotatable bonds is 7. The van der Waals surface area contributed by atoms with Gasteiger partial charge in [0.2, 0.25) is 0 Å². The van der Waals surface area contributed by atoms with Crippen LogP contribution in [0, 0.1) is 0 Å². The van der Waals surface area contributed by atoms with E-state index in [-0.39, 0.29) is 5.75 Å². The van der Waals surface area contributed by atoms with E-state index in [0.717, 1.165) is 0 Å². The summed E-state index contributed by atoms with van der Waals surface area (Å²) in [6, 6.07) is 20.1. The van der Waals surface area contributed by atoms with Gasteiger partial charge in [0, 0.05) is 15.7 Å². The SMILES string of the molecule is CCOc1ccc(NC(=O)C(=O)N/N=C/c2ccccc2OC(=O)c2ccccc2Br)cc1. The molecule has 0 spiro atoms. The van der Waals surface area contributed by atoms with Crippen molar-refractivity contribution in [2.45, 2.75) is 6.92 Å². The molecule has 0 unspecified atom stereocenters. The van der Waals surface area contributed by atoms with Crippen molar-refractivity contribution < 1.29 is 23.9 Å². The highest BCUT2D eigenvalue weighted by Crippen LogP contribution is 2.21. The van der Waals surface area contributed by atoms with Gasteiger partial charge in [-0.15, -0.1) is 0 Å². The molecule has 0 fully saturated rings. The number of amides is 2. The Morgan fingerprint density at radius 1 is 0.939 bits per heavy atom. The monoisotopic (exact) mass is 509 g/mol. The normalized spacial score (nSPS) is 10.5. The topological polar surface area (TPSA) is 106 Å². The van der Waals surface area contributed by atoms with Gasteiger partial charge < -0.3 is 14.8 Å². The number of ether oxygens (including phenoxy) is 2. The van der Waals surface area contributed by atoms with E-state index in [1.807, 2.05) is 6.92 Å². The van der Waals surface area contributed by atoms with Crippen LogP contribution in [-0.2, 0) is 9.59 Å². The summed E-state index contributed by atoms with van der Waals surface area (Å²) in [5, 5.41) is 6.26. The van der Waals surface area contributed by atoms with Crippen molar-refractivity contribution in [1.82, 2.24) is 5.43 Å². The number of anilines is 1. The molecule has 3 aromatic carbocycles. The van der Waals surface area contributed by atoms with Gasteiger partial charge >= 0.3 is 17.8 Å². The van der Waals surface area contributed by atoms with E-state index >= 15 is 0 Å². The van der Waals surface area contributed by atoms with Crippen molar-refractivity contribution in [3.8, 4) is 11.5 Å². The third kappa shape index (κ3) is 6.75.